The summed E-state index contributed by atoms with van der Waals surface area (Å²) in [4.78, 5) is 16.5. The van der Waals surface area contributed by atoms with E-state index in [9.17, 15) is 4.79 Å². The van der Waals surface area contributed by atoms with Crippen LogP contribution in [0.3, 0.4) is 0 Å². The molecule has 0 radical (unpaired) electrons. The van der Waals surface area contributed by atoms with Crippen molar-refractivity contribution in [2.24, 2.45) is 0 Å². The Kier molecular flexibility index (Phi) is 5.64. The van der Waals surface area contributed by atoms with Crippen LogP contribution in [0.2, 0.25) is 0 Å². The van der Waals surface area contributed by atoms with Gasteiger partial charge in [-0.25, -0.2) is 4.79 Å². The number of carbonyl (C=O) groups is 1. The minimum absolute atomic E-state index is 0.116. The van der Waals surface area contributed by atoms with Gasteiger partial charge in [-0.05, 0) is 61.4 Å². The number of nitrogens with one attached hydrogen (secondary N) is 2. The number of methoxy groups -OCH3 is 1. The number of benzene rings is 1. The highest BCUT2D eigenvalue weighted by Gasteiger charge is 2.38. The number of anilines is 1. The topological polar surface area (TPSA) is 53.6 Å². The molecule has 0 saturated carbocycles. The highest BCUT2D eigenvalue weighted by molar-refractivity contribution is 7.09. The molecule has 1 unspecified atom stereocenters. The summed E-state index contributed by atoms with van der Waals surface area (Å²) in [6.45, 7) is 1.05. The molecular weight excluding hydrogens is 358 g/mol. The number of ether oxygens (including phenoxy) is 1. The van der Waals surface area contributed by atoms with Crippen LogP contribution in [0, 0.1) is 0 Å². The summed E-state index contributed by atoms with van der Waals surface area (Å²) in [6, 6.07) is 13.1. The molecule has 144 valence electrons. The van der Waals surface area contributed by atoms with Crippen molar-refractivity contribution < 1.29 is 9.53 Å². The van der Waals surface area contributed by atoms with Crippen molar-refractivity contribution >= 4 is 23.1 Å². The fourth-order valence-corrected chi connectivity index (χ4v) is 5.18. The molecule has 4 rings (SSSR count). The maximum atomic E-state index is 12.4. The molecule has 2 aromatic rings. The highest BCUT2D eigenvalue weighted by Crippen LogP contribution is 2.35. The third-order valence-corrected chi connectivity index (χ3v) is 6.59. The van der Waals surface area contributed by atoms with Gasteiger partial charge in [-0.15, -0.1) is 11.3 Å². The summed E-state index contributed by atoms with van der Waals surface area (Å²) in [5.41, 5.74) is 0.781. The molecule has 6 heteroatoms. The summed E-state index contributed by atoms with van der Waals surface area (Å²) in [6.07, 6.45) is 5.86. The van der Waals surface area contributed by atoms with E-state index < -0.39 is 0 Å². The van der Waals surface area contributed by atoms with E-state index in [4.69, 9.17) is 4.74 Å². The van der Waals surface area contributed by atoms with Gasteiger partial charge in [-0.1, -0.05) is 12.5 Å². The number of fused-ring (bicyclic) bond motifs is 2. The first-order chi connectivity index (χ1) is 13.2. The van der Waals surface area contributed by atoms with Gasteiger partial charge in [0, 0.05) is 35.2 Å². The van der Waals surface area contributed by atoms with E-state index in [1.165, 1.54) is 24.1 Å². The first-order valence-electron chi connectivity index (χ1n) is 9.71. The van der Waals surface area contributed by atoms with Crippen LogP contribution in [-0.4, -0.2) is 36.2 Å². The van der Waals surface area contributed by atoms with Gasteiger partial charge in [0.05, 0.1) is 7.11 Å². The molecule has 2 aliphatic heterocycles. The average Bonchev–Trinajstić information content (AvgIpc) is 3.16. The quantitative estimate of drug-likeness (QED) is 0.799. The van der Waals surface area contributed by atoms with Crippen LogP contribution in [0.15, 0.2) is 41.8 Å². The van der Waals surface area contributed by atoms with Crippen LogP contribution in [0.1, 0.15) is 37.0 Å². The number of piperidine rings is 2. The number of carbonyl (C=O) groups excluding carboxylic acids is 1. The predicted octanol–water partition coefficient (Wildman–Crippen LogP) is 4.46. The minimum atomic E-state index is -0.116. The summed E-state index contributed by atoms with van der Waals surface area (Å²) in [7, 11) is 1.64. The Morgan fingerprint density at radius 3 is 2.56 bits per heavy atom. The van der Waals surface area contributed by atoms with Crippen LogP contribution in [0.5, 0.6) is 5.75 Å². The molecule has 2 N–H and O–H groups in total. The fourth-order valence-electron chi connectivity index (χ4n) is 4.46. The van der Waals surface area contributed by atoms with Crippen LogP contribution >= 0.6 is 11.3 Å². The second-order valence-corrected chi connectivity index (χ2v) is 8.52. The Bertz CT molecular complexity index is 733. The molecule has 1 aromatic carbocycles. The van der Waals surface area contributed by atoms with Crippen LogP contribution in [-0.2, 0) is 6.54 Å². The van der Waals surface area contributed by atoms with Crippen molar-refractivity contribution in [2.75, 3.05) is 12.4 Å². The molecule has 0 spiro atoms. The molecule has 5 nitrogen and oxygen atoms in total. The van der Waals surface area contributed by atoms with E-state index in [1.54, 1.807) is 7.11 Å². The number of thiophene rings is 1. The van der Waals surface area contributed by atoms with Gasteiger partial charge in [0.25, 0.3) is 0 Å². The summed E-state index contributed by atoms with van der Waals surface area (Å²) in [5.74, 6) is 0.784. The van der Waals surface area contributed by atoms with Crippen LogP contribution in [0.4, 0.5) is 10.5 Å². The van der Waals surface area contributed by atoms with Gasteiger partial charge in [0.15, 0.2) is 0 Å². The lowest BCUT2D eigenvalue weighted by molar-refractivity contribution is 0.0208. The monoisotopic (exact) mass is 385 g/mol. The fraction of sp³-hybridized carbons (Fsp3) is 0.476. The van der Waals surface area contributed by atoms with Gasteiger partial charge >= 0.3 is 6.03 Å². The maximum absolute atomic E-state index is 12.4. The predicted molar refractivity (Wildman–Crippen MR) is 109 cm³/mol. The molecule has 3 heterocycles. The Balaban J connectivity index is 1.33. The second-order valence-electron chi connectivity index (χ2n) is 7.49. The van der Waals surface area contributed by atoms with E-state index in [1.807, 2.05) is 35.6 Å². The van der Waals surface area contributed by atoms with Crippen molar-refractivity contribution in [3.63, 3.8) is 0 Å². The average molecular weight is 386 g/mol. The largest absolute Gasteiger partial charge is 0.497 e. The minimum Gasteiger partial charge on any atom is -0.497 e. The van der Waals surface area contributed by atoms with Crippen molar-refractivity contribution in [2.45, 2.75) is 56.8 Å². The summed E-state index contributed by atoms with van der Waals surface area (Å²) >= 11 is 1.84. The third-order valence-electron chi connectivity index (χ3n) is 5.73. The lowest BCUT2D eigenvalue weighted by Crippen LogP contribution is -2.56. The van der Waals surface area contributed by atoms with E-state index in [2.05, 4.69) is 33.0 Å². The molecule has 2 fully saturated rings. The van der Waals surface area contributed by atoms with Crippen molar-refractivity contribution in [3.05, 3.63) is 46.7 Å². The number of amides is 2. The molecule has 27 heavy (non-hydrogen) atoms. The Morgan fingerprint density at radius 1 is 1.19 bits per heavy atom. The summed E-state index contributed by atoms with van der Waals surface area (Å²) in [5, 5.41) is 8.29. The third kappa shape index (κ3) is 4.45. The number of hydrogen-bond acceptors (Lipinski definition) is 4. The first-order valence-corrected chi connectivity index (χ1v) is 10.6. The molecular formula is C21H27N3O2S. The Morgan fingerprint density at radius 2 is 1.93 bits per heavy atom. The van der Waals surface area contributed by atoms with Crippen LogP contribution in [0.25, 0.3) is 0 Å². The van der Waals surface area contributed by atoms with Crippen molar-refractivity contribution in [1.29, 1.82) is 0 Å². The number of nitrogens with zero attached hydrogens (tertiary/aromatic N) is 1. The smallest absolute Gasteiger partial charge is 0.319 e. The molecule has 2 bridgehead atoms. The van der Waals surface area contributed by atoms with Gasteiger partial charge in [-0.3, -0.25) is 4.90 Å². The lowest BCUT2D eigenvalue weighted by atomic mass is 9.81. The maximum Gasteiger partial charge on any atom is 0.319 e. The lowest BCUT2D eigenvalue weighted by Gasteiger charge is -2.48. The molecule has 1 aromatic heterocycles. The molecule has 2 aliphatic rings. The molecule has 2 amide bonds. The van der Waals surface area contributed by atoms with E-state index in [0.29, 0.717) is 12.1 Å². The Hall–Kier alpha value is -2.05. The number of hydrogen-bond donors (Lipinski definition) is 2. The molecule has 2 saturated heterocycles. The standard InChI is InChI=1S/C21H27N3O2S/c1-26-19-9-7-15(8-10-19)22-21(25)23-16-12-17-4-2-5-18(13-16)24(17)14-20-6-3-11-27-20/h3,6-11,16-18H,2,4-5,12-14H2,1H3,(H2,22,23,25)/t16?,17-,18+. The first kappa shape index (κ1) is 18.3. The number of rotatable bonds is 5. The SMILES string of the molecule is COc1ccc(NC(=O)NC2C[C@H]3CCC[C@@H](C2)N3Cc2cccs2)cc1. The van der Waals surface area contributed by atoms with Gasteiger partial charge in [0.2, 0.25) is 0 Å². The van der Waals surface area contributed by atoms with Gasteiger partial charge in [0.1, 0.15) is 5.75 Å². The van der Waals surface area contributed by atoms with E-state index >= 15 is 0 Å². The van der Waals surface area contributed by atoms with Gasteiger partial charge < -0.3 is 15.4 Å². The van der Waals surface area contributed by atoms with Crippen LogP contribution < -0.4 is 15.4 Å². The molecule has 0 aliphatic carbocycles. The number of urea groups is 1. The highest BCUT2D eigenvalue weighted by atomic mass is 32.1. The van der Waals surface area contributed by atoms with E-state index in [-0.39, 0.29) is 12.1 Å². The second kappa shape index (κ2) is 8.31. The van der Waals surface area contributed by atoms with Crippen molar-refractivity contribution in [1.82, 2.24) is 10.2 Å². The Labute approximate surface area is 164 Å². The summed E-state index contributed by atoms with van der Waals surface area (Å²) < 4.78 is 5.15. The zero-order valence-corrected chi connectivity index (χ0v) is 16.5. The van der Waals surface area contributed by atoms with E-state index in [0.717, 1.165) is 30.8 Å². The van der Waals surface area contributed by atoms with Crippen molar-refractivity contribution in [3.8, 4) is 5.75 Å². The zero-order valence-electron chi connectivity index (χ0n) is 15.7. The normalized spacial score (nSPS) is 25.0. The molecule has 3 atom stereocenters. The van der Waals surface area contributed by atoms with Gasteiger partial charge in [-0.2, -0.15) is 0 Å². The zero-order chi connectivity index (χ0) is 18.6.